The van der Waals surface area contributed by atoms with E-state index in [0.717, 1.165) is 18.4 Å². The van der Waals surface area contributed by atoms with Crippen molar-refractivity contribution in [3.8, 4) is 0 Å². The van der Waals surface area contributed by atoms with Crippen LogP contribution in [0.3, 0.4) is 0 Å². The van der Waals surface area contributed by atoms with E-state index in [0.29, 0.717) is 24.2 Å². The summed E-state index contributed by atoms with van der Waals surface area (Å²) in [6.07, 6.45) is 3.12. The molecule has 7 heteroatoms. The number of hydrogen-bond donors (Lipinski definition) is 1. The second kappa shape index (κ2) is 11.0. The lowest BCUT2D eigenvalue weighted by atomic mass is 9.73. The van der Waals surface area contributed by atoms with E-state index in [-0.39, 0.29) is 35.1 Å². The van der Waals surface area contributed by atoms with E-state index < -0.39 is 18.5 Å². The van der Waals surface area contributed by atoms with Crippen LogP contribution in [0, 0.1) is 11.8 Å². The summed E-state index contributed by atoms with van der Waals surface area (Å²) in [5.41, 5.74) is 3.66. The number of nitrogens with one attached hydrogen (secondary N) is 1. The number of rotatable bonds is 7. The Morgan fingerprint density at radius 3 is 2.24 bits per heavy atom. The van der Waals surface area contributed by atoms with Crippen LogP contribution in [0.2, 0.25) is 0 Å². The van der Waals surface area contributed by atoms with Crippen LogP contribution in [0.15, 0.2) is 78.9 Å². The summed E-state index contributed by atoms with van der Waals surface area (Å²) in [6.45, 7) is 1.62. The van der Waals surface area contributed by atoms with Crippen molar-refractivity contribution in [1.29, 1.82) is 0 Å². The zero-order valence-corrected chi connectivity index (χ0v) is 21.3. The van der Waals surface area contributed by atoms with Crippen LogP contribution < -0.4 is 10.2 Å². The molecule has 7 nitrogen and oxygen atoms in total. The number of esters is 1. The maximum atomic E-state index is 13.3. The second-order valence-electron chi connectivity index (χ2n) is 9.87. The van der Waals surface area contributed by atoms with Crippen LogP contribution in [-0.4, -0.2) is 30.3 Å². The quantitative estimate of drug-likeness (QED) is 0.352. The zero-order valence-electron chi connectivity index (χ0n) is 21.3. The second-order valence-corrected chi connectivity index (χ2v) is 9.87. The van der Waals surface area contributed by atoms with Gasteiger partial charge in [-0.15, -0.1) is 0 Å². The van der Waals surface area contributed by atoms with Crippen molar-refractivity contribution in [2.45, 2.75) is 38.5 Å². The molecule has 2 fully saturated rings. The number of carbonyl (C=O) groups is 4. The Hall–Kier alpha value is -4.26. The molecule has 1 aliphatic carbocycles. The fourth-order valence-corrected chi connectivity index (χ4v) is 5.44. The molecule has 1 aliphatic heterocycles. The van der Waals surface area contributed by atoms with Crippen molar-refractivity contribution in [2.75, 3.05) is 16.8 Å². The Balaban J connectivity index is 1.18. The summed E-state index contributed by atoms with van der Waals surface area (Å²) < 4.78 is 5.15. The average molecular weight is 511 g/mol. The molecule has 0 unspecified atom stereocenters. The zero-order chi connectivity index (χ0) is 26.6. The first-order valence-corrected chi connectivity index (χ1v) is 13.0. The molecule has 5 rings (SSSR count). The standard InChI is InChI=1S/C31H30N2O5/c1-2-20-8-13-24(14-9-20)32-28(34)19-38-31(37)22-10-15-25(16-11-22)33-29(35)26-17-12-23(18-27(26)30(33)36)21-6-4-3-5-7-21/h3-11,13-16,23,26-27H,2,12,17-19H2,1H3,(H,32,34)/t23-,26-,27+/m1/s1. The van der Waals surface area contributed by atoms with Gasteiger partial charge in [0.05, 0.1) is 23.1 Å². The number of anilines is 2. The number of fused-ring (bicyclic) bond motifs is 1. The van der Waals surface area contributed by atoms with E-state index in [1.807, 2.05) is 37.3 Å². The van der Waals surface area contributed by atoms with Crippen molar-refractivity contribution >= 4 is 35.1 Å². The molecule has 1 saturated heterocycles. The third-order valence-electron chi connectivity index (χ3n) is 7.54. The summed E-state index contributed by atoms with van der Waals surface area (Å²) in [5, 5.41) is 2.70. The van der Waals surface area contributed by atoms with Crippen molar-refractivity contribution in [3.05, 3.63) is 95.6 Å². The molecule has 38 heavy (non-hydrogen) atoms. The Kier molecular flexibility index (Phi) is 7.36. The van der Waals surface area contributed by atoms with Crippen molar-refractivity contribution < 1.29 is 23.9 Å². The molecule has 0 radical (unpaired) electrons. The first kappa shape index (κ1) is 25.4. The maximum Gasteiger partial charge on any atom is 0.338 e. The molecule has 3 aromatic rings. The number of hydrogen-bond acceptors (Lipinski definition) is 5. The van der Waals surface area contributed by atoms with Crippen molar-refractivity contribution in [3.63, 3.8) is 0 Å². The van der Waals surface area contributed by atoms with Gasteiger partial charge in [-0.2, -0.15) is 0 Å². The molecule has 3 aromatic carbocycles. The Labute approximate surface area is 221 Å². The summed E-state index contributed by atoms with van der Waals surface area (Å²) >= 11 is 0. The monoisotopic (exact) mass is 510 g/mol. The number of carbonyl (C=O) groups excluding carboxylic acids is 4. The Morgan fingerprint density at radius 2 is 1.55 bits per heavy atom. The third kappa shape index (κ3) is 5.23. The van der Waals surface area contributed by atoms with Crippen LogP contribution in [0.4, 0.5) is 11.4 Å². The lowest BCUT2D eigenvalue weighted by Crippen LogP contribution is -2.30. The molecule has 1 heterocycles. The summed E-state index contributed by atoms with van der Waals surface area (Å²) in [7, 11) is 0. The lowest BCUT2D eigenvalue weighted by Gasteiger charge is -2.28. The van der Waals surface area contributed by atoms with Gasteiger partial charge < -0.3 is 10.1 Å². The van der Waals surface area contributed by atoms with Crippen LogP contribution >= 0.6 is 0 Å². The highest BCUT2D eigenvalue weighted by molar-refractivity contribution is 6.22. The molecule has 194 valence electrons. The van der Waals surface area contributed by atoms with Crippen LogP contribution in [0.1, 0.15) is 53.6 Å². The number of nitrogens with zero attached hydrogens (tertiary/aromatic N) is 1. The average Bonchev–Trinajstić information content (AvgIpc) is 3.21. The Morgan fingerprint density at radius 1 is 0.868 bits per heavy atom. The predicted molar refractivity (Wildman–Crippen MR) is 144 cm³/mol. The molecule has 0 spiro atoms. The largest absolute Gasteiger partial charge is 0.452 e. The highest BCUT2D eigenvalue weighted by atomic mass is 16.5. The molecular formula is C31H30N2O5. The fraction of sp³-hybridized carbons (Fsp3) is 0.290. The first-order chi connectivity index (χ1) is 18.4. The SMILES string of the molecule is CCc1ccc(NC(=O)COC(=O)c2ccc(N3C(=O)[C@H]4C[C@H](c5ccccc5)CC[C@H]4C3=O)cc2)cc1. The Bertz CT molecular complexity index is 1330. The van der Waals surface area contributed by atoms with Gasteiger partial charge in [0, 0.05) is 5.69 Å². The molecule has 0 bridgehead atoms. The minimum absolute atomic E-state index is 0.175. The normalized spacial score (nSPS) is 20.7. The van der Waals surface area contributed by atoms with Crippen LogP contribution in [0.5, 0.6) is 0 Å². The van der Waals surface area contributed by atoms with Crippen molar-refractivity contribution in [1.82, 2.24) is 0 Å². The molecule has 3 amide bonds. The summed E-state index contributed by atoms with van der Waals surface area (Å²) in [6, 6.07) is 23.8. The van der Waals surface area contributed by atoms with E-state index >= 15 is 0 Å². The number of benzene rings is 3. The summed E-state index contributed by atoms with van der Waals surface area (Å²) in [4.78, 5) is 52.3. The van der Waals surface area contributed by atoms with Gasteiger partial charge in [-0.3, -0.25) is 19.3 Å². The topological polar surface area (TPSA) is 92.8 Å². The highest BCUT2D eigenvalue weighted by Crippen LogP contribution is 2.45. The van der Waals surface area contributed by atoms with Crippen LogP contribution in [-0.2, 0) is 25.5 Å². The molecule has 2 aliphatic rings. The number of aryl methyl sites for hydroxylation is 1. The van der Waals surface area contributed by atoms with Gasteiger partial charge in [0.15, 0.2) is 6.61 Å². The molecule has 1 N–H and O–H groups in total. The van der Waals surface area contributed by atoms with E-state index in [9.17, 15) is 19.2 Å². The van der Waals surface area contributed by atoms with Gasteiger partial charge in [-0.25, -0.2) is 4.79 Å². The predicted octanol–water partition coefficient (Wildman–Crippen LogP) is 5.12. The van der Waals surface area contributed by atoms with Crippen molar-refractivity contribution in [2.24, 2.45) is 11.8 Å². The number of imide groups is 1. The van der Waals surface area contributed by atoms with E-state index in [4.69, 9.17) is 4.74 Å². The number of amides is 3. The van der Waals surface area contributed by atoms with Gasteiger partial charge >= 0.3 is 5.97 Å². The maximum absolute atomic E-state index is 13.3. The van der Waals surface area contributed by atoms with Crippen LogP contribution in [0.25, 0.3) is 0 Å². The fourth-order valence-electron chi connectivity index (χ4n) is 5.44. The van der Waals surface area contributed by atoms with Gasteiger partial charge in [0.2, 0.25) is 11.8 Å². The van der Waals surface area contributed by atoms with E-state index in [1.165, 1.54) is 22.6 Å². The van der Waals surface area contributed by atoms with Gasteiger partial charge in [0.25, 0.3) is 5.91 Å². The third-order valence-corrected chi connectivity index (χ3v) is 7.54. The molecule has 1 saturated carbocycles. The van der Waals surface area contributed by atoms with Gasteiger partial charge in [-0.1, -0.05) is 49.4 Å². The minimum atomic E-state index is -0.661. The number of ether oxygens (including phenoxy) is 1. The summed E-state index contributed by atoms with van der Waals surface area (Å²) in [5.74, 6) is -1.83. The van der Waals surface area contributed by atoms with E-state index in [2.05, 4.69) is 17.4 Å². The van der Waals surface area contributed by atoms with Gasteiger partial charge in [-0.05, 0) is 79.1 Å². The van der Waals surface area contributed by atoms with E-state index in [1.54, 1.807) is 24.3 Å². The van der Waals surface area contributed by atoms with Gasteiger partial charge in [0.1, 0.15) is 0 Å². The first-order valence-electron chi connectivity index (χ1n) is 13.0. The lowest BCUT2D eigenvalue weighted by molar-refractivity contribution is -0.122. The molecule has 0 aromatic heterocycles. The molecule has 3 atom stereocenters. The minimum Gasteiger partial charge on any atom is -0.452 e. The highest BCUT2D eigenvalue weighted by Gasteiger charge is 2.50. The molecular weight excluding hydrogens is 480 g/mol. The smallest absolute Gasteiger partial charge is 0.338 e.